The summed E-state index contributed by atoms with van der Waals surface area (Å²) in [6.45, 7) is 2.59. The minimum atomic E-state index is 0.315. The summed E-state index contributed by atoms with van der Waals surface area (Å²) in [5, 5.41) is 12.8. The lowest BCUT2D eigenvalue weighted by atomic mass is 10.2. The highest BCUT2D eigenvalue weighted by Crippen LogP contribution is 2.17. The van der Waals surface area contributed by atoms with Gasteiger partial charge in [-0.3, -0.25) is 4.98 Å². The van der Waals surface area contributed by atoms with Gasteiger partial charge in [0.25, 0.3) is 0 Å². The summed E-state index contributed by atoms with van der Waals surface area (Å²) < 4.78 is 0. The first-order valence-electron chi connectivity index (χ1n) is 5.18. The van der Waals surface area contributed by atoms with Crippen molar-refractivity contribution in [3.8, 4) is 5.75 Å². The van der Waals surface area contributed by atoms with Crippen molar-refractivity contribution in [2.24, 2.45) is 0 Å². The van der Waals surface area contributed by atoms with Crippen LogP contribution in [0.5, 0.6) is 5.75 Å². The average molecular weight is 214 g/mol. The Morgan fingerprint density at radius 1 is 1.25 bits per heavy atom. The van der Waals surface area contributed by atoms with Crippen LogP contribution in [0.4, 0.5) is 5.69 Å². The van der Waals surface area contributed by atoms with Crippen LogP contribution in [0, 0.1) is 6.92 Å². The molecule has 16 heavy (non-hydrogen) atoms. The Hall–Kier alpha value is -2.03. The number of benzene rings is 1. The zero-order chi connectivity index (χ0) is 11.4. The number of hydrogen-bond donors (Lipinski definition) is 2. The molecule has 0 aliphatic heterocycles. The second-order valence-corrected chi connectivity index (χ2v) is 3.73. The Morgan fingerprint density at radius 3 is 2.81 bits per heavy atom. The number of phenols is 1. The SMILES string of the molecule is Cc1cncc(NCc2ccccc2O)c1. The van der Waals surface area contributed by atoms with Crippen LogP contribution in [0.2, 0.25) is 0 Å². The van der Waals surface area contributed by atoms with Crippen molar-refractivity contribution < 1.29 is 5.11 Å². The van der Waals surface area contributed by atoms with E-state index in [9.17, 15) is 5.11 Å². The molecular weight excluding hydrogens is 200 g/mol. The van der Waals surface area contributed by atoms with Gasteiger partial charge in [-0.15, -0.1) is 0 Å². The molecule has 0 spiro atoms. The number of aromatic hydroxyl groups is 1. The fraction of sp³-hybridized carbons (Fsp3) is 0.154. The molecule has 1 heterocycles. The lowest BCUT2D eigenvalue weighted by Crippen LogP contribution is -2.00. The zero-order valence-corrected chi connectivity index (χ0v) is 9.14. The van der Waals surface area contributed by atoms with E-state index >= 15 is 0 Å². The molecule has 0 aliphatic rings. The summed E-state index contributed by atoms with van der Waals surface area (Å²) >= 11 is 0. The van der Waals surface area contributed by atoms with Gasteiger partial charge in [0.1, 0.15) is 5.75 Å². The van der Waals surface area contributed by atoms with E-state index in [1.54, 1.807) is 12.3 Å². The molecule has 0 bridgehead atoms. The van der Waals surface area contributed by atoms with Gasteiger partial charge in [-0.1, -0.05) is 18.2 Å². The number of aromatic nitrogens is 1. The van der Waals surface area contributed by atoms with Crippen LogP contribution in [0.3, 0.4) is 0 Å². The van der Waals surface area contributed by atoms with Gasteiger partial charge >= 0.3 is 0 Å². The number of para-hydroxylation sites is 1. The molecular formula is C13H14N2O. The van der Waals surface area contributed by atoms with Crippen molar-refractivity contribution in [2.45, 2.75) is 13.5 Å². The van der Waals surface area contributed by atoms with E-state index in [0.29, 0.717) is 12.3 Å². The van der Waals surface area contributed by atoms with E-state index < -0.39 is 0 Å². The van der Waals surface area contributed by atoms with Crippen LogP contribution in [0.15, 0.2) is 42.7 Å². The number of nitrogens with zero attached hydrogens (tertiary/aromatic N) is 1. The van der Waals surface area contributed by atoms with Gasteiger partial charge in [0.05, 0.1) is 5.69 Å². The third-order valence-corrected chi connectivity index (χ3v) is 2.35. The van der Waals surface area contributed by atoms with Crippen LogP contribution in [0.1, 0.15) is 11.1 Å². The van der Waals surface area contributed by atoms with Gasteiger partial charge in [-0.2, -0.15) is 0 Å². The van der Waals surface area contributed by atoms with E-state index in [-0.39, 0.29) is 0 Å². The van der Waals surface area contributed by atoms with Crippen molar-refractivity contribution in [2.75, 3.05) is 5.32 Å². The van der Waals surface area contributed by atoms with Crippen LogP contribution >= 0.6 is 0 Å². The second kappa shape index (κ2) is 4.66. The Bertz CT molecular complexity index is 483. The van der Waals surface area contributed by atoms with E-state index in [2.05, 4.69) is 10.3 Å². The Morgan fingerprint density at radius 2 is 2.06 bits per heavy atom. The molecule has 0 saturated heterocycles. The van der Waals surface area contributed by atoms with Crippen LogP contribution in [0.25, 0.3) is 0 Å². The number of rotatable bonds is 3. The van der Waals surface area contributed by atoms with Crippen molar-refractivity contribution in [3.05, 3.63) is 53.9 Å². The van der Waals surface area contributed by atoms with E-state index in [4.69, 9.17) is 0 Å². The van der Waals surface area contributed by atoms with Gasteiger partial charge in [0.15, 0.2) is 0 Å². The Balaban J connectivity index is 2.05. The molecule has 2 N–H and O–H groups in total. The minimum absolute atomic E-state index is 0.315. The summed E-state index contributed by atoms with van der Waals surface area (Å²) in [4.78, 5) is 4.09. The van der Waals surface area contributed by atoms with Crippen LogP contribution in [-0.4, -0.2) is 10.1 Å². The summed E-state index contributed by atoms with van der Waals surface area (Å²) in [7, 11) is 0. The molecule has 3 heteroatoms. The fourth-order valence-electron chi connectivity index (χ4n) is 1.51. The number of aryl methyl sites for hydroxylation is 1. The molecule has 0 saturated carbocycles. The maximum atomic E-state index is 9.59. The average Bonchev–Trinajstić information content (AvgIpc) is 2.28. The standard InChI is InChI=1S/C13H14N2O/c1-10-6-12(9-14-7-10)15-8-11-4-2-3-5-13(11)16/h2-7,9,15-16H,8H2,1H3. The Labute approximate surface area is 94.8 Å². The lowest BCUT2D eigenvalue weighted by Gasteiger charge is -2.07. The van der Waals surface area contributed by atoms with Crippen molar-refractivity contribution in [1.29, 1.82) is 0 Å². The lowest BCUT2D eigenvalue weighted by molar-refractivity contribution is 0.469. The monoisotopic (exact) mass is 214 g/mol. The predicted molar refractivity (Wildman–Crippen MR) is 64.4 cm³/mol. The van der Waals surface area contributed by atoms with Gasteiger partial charge in [0, 0.05) is 24.5 Å². The maximum Gasteiger partial charge on any atom is 0.120 e. The third-order valence-electron chi connectivity index (χ3n) is 2.35. The first kappa shape index (κ1) is 10.5. The molecule has 0 amide bonds. The first-order chi connectivity index (χ1) is 7.75. The molecule has 2 aromatic rings. The second-order valence-electron chi connectivity index (χ2n) is 3.73. The summed E-state index contributed by atoms with van der Waals surface area (Å²) in [5.74, 6) is 0.315. The van der Waals surface area contributed by atoms with Crippen LogP contribution < -0.4 is 5.32 Å². The van der Waals surface area contributed by atoms with E-state index in [1.165, 1.54) is 0 Å². The largest absolute Gasteiger partial charge is 0.508 e. The van der Waals surface area contributed by atoms with Gasteiger partial charge in [-0.25, -0.2) is 0 Å². The summed E-state index contributed by atoms with van der Waals surface area (Å²) in [6, 6.07) is 9.32. The highest BCUT2D eigenvalue weighted by Gasteiger charge is 1.99. The number of pyridine rings is 1. The van der Waals surface area contributed by atoms with Crippen LogP contribution in [-0.2, 0) is 6.54 Å². The predicted octanol–water partition coefficient (Wildman–Crippen LogP) is 2.71. The molecule has 0 fully saturated rings. The quantitative estimate of drug-likeness (QED) is 0.825. The number of anilines is 1. The first-order valence-corrected chi connectivity index (χ1v) is 5.18. The molecule has 0 aliphatic carbocycles. The molecule has 0 unspecified atom stereocenters. The smallest absolute Gasteiger partial charge is 0.120 e. The molecule has 0 radical (unpaired) electrons. The van der Waals surface area contributed by atoms with Gasteiger partial charge in [0.2, 0.25) is 0 Å². The summed E-state index contributed by atoms with van der Waals surface area (Å²) in [5.41, 5.74) is 2.95. The maximum absolute atomic E-state index is 9.59. The van der Waals surface area contributed by atoms with E-state index in [0.717, 1.165) is 16.8 Å². The van der Waals surface area contributed by atoms with Gasteiger partial charge in [-0.05, 0) is 24.6 Å². The van der Waals surface area contributed by atoms with Gasteiger partial charge < -0.3 is 10.4 Å². The molecule has 1 aromatic carbocycles. The Kier molecular flexibility index (Phi) is 3.05. The molecule has 1 aromatic heterocycles. The summed E-state index contributed by atoms with van der Waals surface area (Å²) in [6.07, 6.45) is 3.58. The molecule has 3 nitrogen and oxygen atoms in total. The molecule has 0 atom stereocenters. The number of nitrogens with one attached hydrogen (secondary N) is 1. The topological polar surface area (TPSA) is 45.2 Å². The third kappa shape index (κ3) is 2.51. The highest BCUT2D eigenvalue weighted by atomic mass is 16.3. The van der Waals surface area contributed by atoms with E-state index in [1.807, 2.05) is 37.4 Å². The normalized spacial score (nSPS) is 10.1. The highest BCUT2D eigenvalue weighted by molar-refractivity contribution is 5.44. The van der Waals surface area contributed by atoms with Crippen molar-refractivity contribution in [3.63, 3.8) is 0 Å². The number of hydrogen-bond acceptors (Lipinski definition) is 3. The minimum Gasteiger partial charge on any atom is -0.508 e. The number of phenolic OH excluding ortho intramolecular Hbond substituents is 1. The fourth-order valence-corrected chi connectivity index (χ4v) is 1.51. The van der Waals surface area contributed by atoms with Crippen molar-refractivity contribution >= 4 is 5.69 Å². The molecule has 2 rings (SSSR count). The zero-order valence-electron chi connectivity index (χ0n) is 9.14. The van der Waals surface area contributed by atoms with Crippen molar-refractivity contribution in [1.82, 2.24) is 4.98 Å². The molecule has 82 valence electrons.